The summed E-state index contributed by atoms with van der Waals surface area (Å²) in [6, 6.07) is 6.72. The second-order valence-electron chi connectivity index (χ2n) is 5.54. The van der Waals surface area contributed by atoms with E-state index in [-0.39, 0.29) is 11.8 Å². The molecule has 0 spiro atoms. The molecule has 26 heavy (non-hydrogen) atoms. The lowest BCUT2D eigenvalue weighted by molar-refractivity contribution is 0.0953. The van der Waals surface area contributed by atoms with Crippen LogP contribution in [0.1, 0.15) is 23.7 Å². The standard InChI is InChI=1S/C18H19N5O3/c1-3-7-20-17(24)13-4-5-15(21-10-13)23-18(25)14(11-22-23)12-6-8-19-16(9-12)26-2/h4-6,8-11,25H,3,7H2,1-2H3,(H,20,24). The van der Waals surface area contributed by atoms with Gasteiger partial charge in [0.15, 0.2) is 5.82 Å². The summed E-state index contributed by atoms with van der Waals surface area (Å²) in [6.45, 7) is 2.59. The Labute approximate surface area is 150 Å². The molecular formula is C18H19N5O3. The number of carbonyl (C=O) groups is 1. The first-order chi connectivity index (χ1) is 12.6. The molecule has 3 aromatic heterocycles. The fourth-order valence-corrected chi connectivity index (χ4v) is 2.39. The SMILES string of the molecule is CCCNC(=O)c1ccc(-n2ncc(-c3ccnc(OC)c3)c2O)nc1. The maximum absolute atomic E-state index is 11.9. The molecule has 3 heterocycles. The number of aromatic nitrogens is 4. The Kier molecular flexibility index (Phi) is 5.12. The highest BCUT2D eigenvalue weighted by Gasteiger charge is 2.15. The quantitative estimate of drug-likeness (QED) is 0.704. The van der Waals surface area contributed by atoms with Crippen molar-refractivity contribution < 1.29 is 14.6 Å². The Hall–Kier alpha value is -3.42. The second-order valence-corrected chi connectivity index (χ2v) is 5.54. The summed E-state index contributed by atoms with van der Waals surface area (Å²) < 4.78 is 6.40. The number of hydrogen-bond donors (Lipinski definition) is 2. The molecule has 1 amide bonds. The average molecular weight is 353 g/mol. The zero-order valence-electron chi connectivity index (χ0n) is 14.5. The summed E-state index contributed by atoms with van der Waals surface area (Å²) in [4.78, 5) is 20.2. The van der Waals surface area contributed by atoms with Crippen molar-refractivity contribution in [3.63, 3.8) is 0 Å². The number of aromatic hydroxyl groups is 1. The Morgan fingerprint density at radius 3 is 2.81 bits per heavy atom. The summed E-state index contributed by atoms with van der Waals surface area (Å²) in [7, 11) is 1.53. The van der Waals surface area contributed by atoms with Gasteiger partial charge < -0.3 is 15.2 Å². The van der Waals surface area contributed by atoms with Gasteiger partial charge >= 0.3 is 0 Å². The minimum atomic E-state index is -0.180. The van der Waals surface area contributed by atoms with Crippen LogP contribution in [0.2, 0.25) is 0 Å². The molecule has 2 N–H and O–H groups in total. The number of carbonyl (C=O) groups excluding carboxylic acids is 1. The van der Waals surface area contributed by atoms with Gasteiger partial charge in [-0.1, -0.05) is 6.92 Å². The monoisotopic (exact) mass is 353 g/mol. The van der Waals surface area contributed by atoms with E-state index in [1.54, 1.807) is 30.5 Å². The summed E-state index contributed by atoms with van der Waals surface area (Å²) in [6.07, 6.45) is 5.44. The minimum absolute atomic E-state index is 0.0612. The fourth-order valence-electron chi connectivity index (χ4n) is 2.39. The number of ether oxygens (including phenoxy) is 1. The van der Waals surface area contributed by atoms with Crippen LogP contribution in [0.4, 0.5) is 0 Å². The lowest BCUT2D eigenvalue weighted by Crippen LogP contribution is -2.24. The molecule has 0 unspecified atom stereocenters. The molecule has 0 aromatic carbocycles. The second kappa shape index (κ2) is 7.64. The normalized spacial score (nSPS) is 10.5. The number of methoxy groups -OCH3 is 1. The number of pyridine rings is 2. The third kappa shape index (κ3) is 3.49. The van der Waals surface area contributed by atoms with Crippen LogP contribution in [0.15, 0.2) is 42.9 Å². The minimum Gasteiger partial charge on any atom is -0.493 e. The Morgan fingerprint density at radius 1 is 1.27 bits per heavy atom. The highest BCUT2D eigenvalue weighted by molar-refractivity contribution is 5.93. The van der Waals surface area contributed by atoms with E-state index in [2.05, 4.69) is 20.4 Å². The van der Waals surface area contributed by atoms with Crippen LogP contribution < -0.4 is 10.1 Å². The Morgan fingerprint density at radius 2 is 2.12 bits per heavy atom. The number of nitrogens with zero attached hydrogens (tertiary/aromatic N) is 4. The van der Waals surface area contributed by atoms with E-state index < -0.39 is 0 Å². The van der Waals surface area contributed by atoms with Crippen LogP contribution in [0.3, 0.4) is 0 Å². The highest BCUT2D eigenvalue weighted by Crippen LogP contribution is 2.31. The van der Waals surface area contributed by atoms with Gasteiger partial charge in [0.1, 0.15) is 0 Å². The van der Waals surface area contributed by atoms with Crippen LogP contribution in [-0.4, -0.2) is 44.4 Å². The molecule has 3 rings (SSSR count). The Balaban J connectivity index is 1.86. The molecule has 0 fully saturated rings. The summed E-state index contributed by atoms with van der Waals surface area (Å²) >= 11 is 0. The molecule has 8 nitrogen and oxygen atoms in total. The first-order valence-corrected chi connectivity index (χ1v) is 8.16. The molecule has 0 bridgehead atoms. The number of amides is 1. The predicted octanol–water partition coefficient (Wildman–Crippen LogP) is 2.18. The summed E-state index contributed by atoms with van der Waals surface area (Å²) in [5, 5.41) is 17.5. The van der Waals surface area contributed by atoms with Crippen molar-refractivity contribution in [2.75, 3.05) is 13.7 Å². The molecule has 3 aromatic rings. The maximum atomic E-state index is 11.9. The van der Waals surface area contributed by atoms with Crippen molar-refractivity contribution >= 4 is 5.91 Å². The average Bonchev–Trinajstić information content (AvgIpc) is 3.07. The van der Waals surface area contributed by atoms with Gasteiger partial charge in [0, 0.05) is 25.0 Å². The molecule has 0 aliphatic rings. The van der Waals surface area contributed by atoms with Gasteiger partial charge in [0.25, 0.3) is 5.91 Å². The molecule has 134 valence electrons. The van der Waals surface area contributed by atoms with Crippen molar-refractivity contribution in [1.82, 2.24) is 25.1 Å². The molecule has 0 saturated carbocycles. The molecular weight excluding hydrogens is 334 g/mol. The topological polar surface area (TPSA) is 102 Å². The van der Waals surface area contributed by atoms with Crippen LogP contribution in [0.5, 0.6) is 11.8 Å². The van der Waals surface area contributed by atoms with E-state index >= 15 is 0 Å². The van der Waals surface area contributed by atoms with E-state index in [4.69, 9.17) is 4.74 Å². The van der Waals surface area contributed by atoms with Gasteiger partial charge in [0.2, 0.25) is 11.8 Å². The van der Waals surface area contributed by atoms with E-state index in [1.807, 2.05) is 6.92 Å². The summed E-state index contributed by atoms with van der Waals surface area (Å²) in [5.41, 5.74) is 1.70. The molecule has 0 aliphatic carbocycles. The lowest BCUT2D eigenvalue weighted by atomic mass is 10.1. The highest BCUT2D eigenvalue weighted by atomic mass is 16.5. The molecule has 0 saturated heterocycles. The van der Waals surface area contributed by atoms with E-state index in [1.165, 1.54) is 24.2 Å². The molecule has 0 atom stereocenters. The van der Waals surface area contributed by atoms with Gasteiger partial charge in [-0.15, -0.1) is 0 Å². The number of rotatable bonds is 6. The van der Waals surface area contributed by atoms with Gasteiger partial charge in [0.05, 0.1) is 24.4 Å². The van der Waals surface area contributed by atoms with Gasteiger partial charge in [-0.05, 0) is 30.2 Å². The summed E-state index contributed by atoms with van der Waals surface area (Å²) in [5.74, 6) is 0.603. The van der Waals surface area contributed by atoms with E-state index in [0.717, 1.165) is 12.0 Å². The largest absolute Gasteiger partial charge is 0.493 e. The van der Waals surface area contributed by atoms with Crippen LogP contribution >= 0.6 is 0 Å². The van der Waals surface area contributed by atoms with Crippen molar-refractivity contribution in [2.45, 2.75) is 13.3 Å². The van der Waals surface area contributed by atoms with Gasteiger partial charge in [-0.25, -0.2) is 9.97 Å². The Bertz CT molecular complexity index is 905. The molecule has 8 heteroatoms. The van der Waals surface area contributed by atoms with Crippen molar-refractivity contribution in [3.05, 3.63) is 48.4 Å². The molecule has 0 radical (unpaired) electrons. The number of nitrogens with one attached hydrogen (secondary N) is 1. The van der Waals surface area contributed by atoms with E-state index in [9.17, 15) is 9.90 Å². The smallest absolute Gasteiger partial charge is 0.252 e. The third-order valence-electron chi connectivity index (χ3n) is 3.76. The van der Waals surface area contributed by atoms with Gasteiger partial charge in [-0.2, -0.15) is 9.78 Å². The predicted molar refractivity (Wildman–Crippen MR) is 95.4 cm³/mol. The third-order valence-corrected chi connectivity index (χ3v) is 3.76. The van der Waals surface area contributed by atoms with Crippen molar-refractivity contribution in [2.24, 2.45) is 0 Å². The van der Waals surface area contributed by atoms with Crippen LogP contribution in [0, 0.1) is 0 Å². The first kappa shape index (κ1) is 17.4. The van der Waals surface area contributed by atoms with Gasteiger partial charge in [-0.3, -0.25) is 4.79 Å². The van der Waals surface area contributed by atoms with Crippen molar-refractivity contribution in [3.8, 4) is 28.7 Å². The first-order valence-electron chi connectivity index (χ1n) is 8.16. The molecule has 0 aliphatic heterocycles. The van der Waals surface area contributed by atoms with Crippen molar-refractivity contribution in [1.29, 1.82) is 0 Å². The van der Waals surface area contributed by atoms with E-state index in [0.29, 0.717) is 29.4 Å². The van der Waals surface area contributed by atoms with Crippen LogP contribution in [0.25, 0.3) is 16.9 Å². The number of hydrogen-bond acceptors (Lipinski definition) is 6. The zero-order valence-corrected chi connectivity index (χ0v) is 14.5. The fraction of sp³-hybridized carbons (Fsp3) is 0.222. The zero-order chi connectivity index (χ0) is 18.5. The van der Waals surface area contributed by atoms with Crippen LogP contribution in [-0.2, 0) is 0 Å². The lowest BCUT2D eigenvalue weighted by Gasteiger charge is -2.06. The maximum Gasteiger partial charge on any atom is 0.252 e.